The van der Waals surface area contributed by atoms with Crippen LogP contribution in [0.5, 0.6) is 0 Å². The van der Waals surface area contributed by atoms with Crippen LogP contribution in [0.1, 0.15) is 170 Å². The first-order valence-electron chi connectivity index (χ1n) is 35.2. The second kappa shape index (κ2) is 59.2. The maximum atomic E-state index is 9.95. The highest BCUT2D eigenvalue weighted by Crippen LogP contribution is 2.41. The number of benzene rings is 6. The van der Waals surface area contributed by atoms with Crippen molar-refractivity contribution in [2.75, 3.05) is 0 Å². The van der Waals surface area contributed by atoms with Crippen LogP contribution in [0.2, 0.25) is 0 Å². The van der Waals surface area contributed by atoms with E-state index in [4.69, 9.17) is 55.2 Å². The van der Waals surface area contributed by atoms with Crippen LogP contribution in [0.15, 0.2) is 231 Å². The topological polar surface area (TPSA) is 319 Å². The lowest BCUT2D eigenvalue weighted by atomic mass is 9.90. The molecule has 5 N–H and O–H groups in total. The third-order valence-corrected chi connectivity index (χ3v) is 18.2. The van der Waals surface area contributed by atoms with Crippen molar-refractivity contribution in [2.24, 2.45) is 23.7 Å². The van der Waals surface area contributed by atoms with E-state index in [9.17, 15) is 25.5 Å². The Balaban J connectivity index is 0.000000413. The van der Waals surface area contributed by atoms with Crippen molar-refractivity contribution < 1.29 is 80.8 Å². The van der Waals surface area contributed by atoms with Crippen LogP contribution in [0.3, 0.4) is 0 Å². The first-order valence-corrected chi connectivity index (χ1v) is 39.2. The van der Waals surface area contributed by atoms with E-state index in [-0.39, 0.29) is 42.4 Å². The number of aliphatic hydroxyl groups is 5. The Kier molecular flexibility index (Phi) is 52.7. The molecule has 18 nitrogen and oxygen atoms in total. The molecule has 13 rings (SSSR count). The van der Waals surface area contributed by atoms with Gasteiger partial charge in [0.05, 0.1) is 36.6 Å². The van der Waals surface area contributed by atoms with E-state index in [1.54, 1.807) is 0 Å². The fourth-order valence-electron chi connectivity index (χ4n) is 12.9. The lowest BCUT2D eigenvalue weighted by Gasteiger charge is -2.19. The molecule has 106 heavy (non-hydrogen) atoms. The molecule has 0 bridgehead atoms. The fraction of sp³-hybridized carbons (Fsp3) is 0.390. The molecule has 11 atom stereocenters. The standard InChI is InChI=1S/4C14H18O.2C13H14O.6O2S/c2*1-11-6-5-9-13(15)10-14(11)12-7-3-2-4-8-12;2*1-11-13(9-5-6-10-14(11)15)12-7-3-2-4-8-12;1-2-6-10(7-3-1)11-8-4-5-9-12-13(11)14-12;14-13-9-5-4-8-12(10-13)11-6-2-1-3-7-11;6*1-3-2/h2*2-4,7-8,10-11,13,15H,5-6,9H2,1H3;2*2-4,7-9,11,14-15H,5-6,10H2,1H3;1-3,6-8,12-13H,4-5,9H2;1-4,6-8,10,13-14H,5,9H2;;;;;;/t11-,13+;11-,13-;11-,14+;11-,14-;12-,13+;13-;;;;;;/m101000....../s1. The van der Waals surface area contributed by atoms with Crippen molar-refractivity contribution in [3.05, 3.63) is 264 Å². The van der Waals surface area contributed by atoms with Crippen molar-refractivity contribution in [1.29, 1.82) is 0 Å². The Labute approximate surface area is 646 Å². The summed E-state index contributed by atoms with van der Waals surface area (Å²) in [6, 6.07) is 62.3. The van der Waals surface area contributed by atoms with Crippen molar-refractivity contribution in [2.45, 2.75) is 180 Å². The highest BCUT2D eigenvalue weighted by molar-refractivity contribution is 7.52. The largest absolute Gasteiger partial charge is 0.393 e. The maximum absolute atomic E-state index is 9.95. The minimum Gasteiger partial charge on any atom is -0.393 e. The highest BCUT2D eigenvalue weighted by atomic mass is 32.1. The molecule has 572 valence electrons. The first kappa shape index (κ1) is 94.3. The lowest BCUT2D eigenvalue weighted by Crippen LogP contribution is -2.17. The molecule has 6 aromatic carbocycles. The zero-order valence-electron chi connectivity index (χ0n) is 60.3. The normalized spacial score (nSPS) is 22.7. The molecule has 0 radical (unpaired) electrons. The lowest BCUT2D eigenvalue weighted by molar-refractivity contribution is 0.132. The number of epoxide rings is 1. The Hall–Kier alpha value is -7.82. The summed E-state index contributed by atoms with van der Waals surface area (Å²) in [5, 5.41) is 49.0. The number of allylic oxidation sites excluding steroid dienone is 8. The van der Waals surface area contributed by atoms with Gasteiger partial charge >= 0.3 is 69.4 Å². The van der Waals surface area contributed by atoms with E-state index in [0.29, 0.717) is 24.0 Å². The zero-order valence-corrected chi connectivity index (χ0v) is 65.2. The number of ether oxygens (including phenoxy) is 1. The van der Waals surface area contributed by atoms with Gasteiger partial charge in [-0.05, 0) is 194 Å². The summed E-state index contributed by atoms with van der Waals surface area (Å²) in [4.78, 5) is 0. The average molecular weight is 1570 g/mol. The second-order valence-corrected chi connectivity index (χ2v) is 26.2. The predicted octanol–water partition coefficient (Wildman–Crippen LogP) is 14.8. The van der Waals surface area contributed by atoms with Gasteiger partial charge in [0.25, 0.3) is 0 Å². The molecular weight excluding hydrogens is 1470 g/mol. The molecular formula is C82H100O18S6. The van der Waals surface area contributed by atoms with E-state index in [2.05, 4.69) is 198 Å². The summed E-state index contributed by atoms with van der Waals surface area (Å²) in [6.45, 7) is 8.73. The summed E-state index contributed by atoms with van der Waals surface area (Å²) in [5.74, 6) is 1.64. The van der Waals surface area contributed by atoms with E-state index in [1.165, 1.54) is 93.4 Å². The van der Waals surface area contributed by atoms with Crippen LogP contribution in [-0.2, 0) is 74.2 Å². The Morgan fingerprint density at radius 2 is 0.585 bits per heavy atom. The first-order chi connectivity index (χ1) is 51.4. The summed E-state index contributed by atoms with van der Waals surface area (Å²) >= 11 is -4.50. The van der Waals surface area contributed by atoms with Gasteiger partial charge in [0.15, 0.2) is 0 Å². The maximum Gasteiger partial charge on any atom is 0.335 e. The summed E-state index contributed by atoms with van der Waals surface area (Å²) < 4.78 is 105. The monoisotopic (exact) mass is 1560 g/mol. The third-order valence-electron chi connectivity index (χ3n) is 18.2. The van der Waals surface area contributed by atoms with Gasteiger partial charge in [0.1, 0.15) is 6.10 Å². The highest BCUT2D eigenvalue weighted by Gasteiger charge is 2.42. The summed E-state index contributed by atoms with van der Waals surface area (Å²) in [5.41, 5.74) is 15.3. The number of hydrogen-bond donors (Lipinski definition) is 5. The van der Waals surface area contributed by atoms with Crippen LogP contribution in [-0.4, -0.2) is 119 Å². The van der Waals surface area contributed by atoms with E-state index >= 15 is 0 Å². The summed E-state index contributed by atoms with van der Waals surface area (Å²) in [6.07, 6.45) is 35.0. The molecule has 0 amide bonds. The van der Waals surface area contributed by atoms with Crippen LogP contribution in [0, 0.1) is 23.7 Å². The van der Waals surface area contributed by atoms with Crippen molar-refractivity contribution in [3.8, 4) is 0 Å². The molecule has 1 aliphatic heterocycles. The molecule has 6 aromatic rings. The van der Waals surface area contributed by atoms with Gasteiger partial charge in [0.2, 0.25) is 0 Å². The molecule has 0 aromatic heterocycles. The quantitative estimate of drug-likeness (QED) is 0.0967. The molecule has 0 unspecified atom stereocenters. The van der Waals surface area contributed by atoms with Gasteiger partial charge in [-0.3, -0.25) is 0 Å². The van der Waals surface area contributed by atoms with E-state index in [1.807, 2.05) is 60.7 Å². The Morgan fingerprint density at radius 1 is 0.302 bits per heavy atom. The number of fused-ring (bicyclic) bond motifs is 1. The van der Waals surface area contributed by atoms with E-state index in [0.717, 1.165) is 82.6 Å². The minimum atomic E-state index is -0.750. The molecule has 7 aliphatic rings. The third kappa shape index (κ3) is 38.6. The number of hydrogen-bond acceptors (Lipinski definition) is 18. The van der Waals surface area contributed by atoms with Crippen LogP contribution < -0.4 is 0 Å². The predicted molar refractivity (Wildman–Crippen MR) is 423 cm³/mol. The van der Waals surface area contributed by atoms with Crippen LogP contribution in [0.25, 0.3) is 33.4 Å². The van der Waals surface area contributed by atoms with Crippen molar-refractivity contribution in [3.63, 3.8) is 0 Å². The van der Waals surface area contributed by atoms with Gasteiger partial charge in [0, 0.05) is 11.8 Å². The van der Waals surface area contributed by atoms with Gasteiger partial charge in [-0.1, -0.05) is 252 Å². The Morgan fingerprint density at radius 3 is 0.925 bits per heavy atom. The van der Waals surface area contributed by atoms with Gasteiger partial charge < -0.3 is 30.3 Å². The molecule has 1 saturated heterocycles. The molecule has 0 spiro atoms. The average Bonchev–Trinajstić information content (AvgIpc) is 1.64. The van der Waals surface area contributed by atoms with Crippen LogP contribution in [0.4, 0.5) is 0 Å². The summed E-state index contributed by atoms with van der Waals surface area (Å²) in [7, 11) is 0. The number of rotatable bonds is 6. The number of aliphatic hydroxyl groups excluding tert-OH is 5. The van der Waals surface area contributed by atoms with E-state index < -0.39 is 69.4 Å². The minimum absolute atomic E-state index is 0.182. The van der Waals surface area contributed by atoms with Gasteiger partial charge in [-0.25, -0.2) is 0 Å². The fourth-order valence-corrected chi connectivity index (χ4v) is 12.9. The molecule has 1 heterocycles. The Bertz CT molecular complexity index is 3620. The smallest absolute Gasteiger partial charge is 0.335 e. The molecule has 1 fully saturated rings. The van der Waals surface area contributed by atoms with Crippen molar-refractivity contribution in [1.82, 2.24) is 0 Å². The SMILES string of the molecule is C1=C(c2ccccc2)[C@H]2O[C@H]2CCC1.C[C@@H]1C(c2ccccc2)=CCCC[C@@H]1O.C[C@@H]1CCC[C@H](O)C=C1c1ccccc1.C[C@H]1C(c2ccccc2)=CCCC[C@@H]1O.C[C@H]1CCC[C@H](O)C=C1c1ccccc1.O=S=O.O=S=O.O=S=O.O=S=O.O=S=O.O=S=O.O[C@@H]1C=C(c2ccccc2)C=CCC1. The van der Waals surface area contributed by atoms with Gasteiger partial charge in [-0.2, -0.15) is 50.5 Å². The molecule has 0 saturated carbocycles. The van der Waals surface area contributed by atoms with Crippen molar-refractivity contribution >= 4 is 103 Å². The zero-order chi connectivity index (χ0) is 78.1. The van der Waals surface area contributed by atoms with Gasteiger partial charge in [-0.15, -0.1) is 0 Å². The second-order valence-electron chi connectivity index (χ2n) is 25.4. The molecule has 24 heteroatoms. The van der Waals surface area contributed by atoms with Crippen LogP contribution >= 0.6 is 0 Å². The molecule has 6 aliphatic carbocycles.